The quantitative estimate of drug-likeness (QED) is 0.873. The molecule has 2 unspecified atom stereocenters. The minimum absolute atomic E-state index is 0.0593. The molecule has 1 aliphatic rings. The van der Waals surface area contributed by atoms with Crippen molar-refractivity contribution >= 4 is 15.8 Å². The number of rotatable bonds is 2. The van der Waals surface area contributed by atoms with Crippen LogP contribution in [0.5, 0.6) is 0 Å². The second-order valence-electron chi connectivity index (χ2n) is 4.51. The summed E-state index contributed by atoms with van der Waals surface area (Å²) in [6.07, 6.45) is 0. The number of hydrogen-bond acceptors (Lipinski definition) is 3. The molecule has 0 aliphatic carbocycles. The van der Waals surface area contributed by atoms with E-state index in [2.05, 4.69) is 0 Å². The first-order valence-corrected chi connectivity index (χ1v) is 7.08. The summed E-state index contributed by atoms with van der Waals surface area (Å²) >= 11 is 0. The highest BCUT2D eigenvalue weighted by atomic mass is 32.2. The number of carbonyl (C=O) groups is 1. The summed E-state index contributed by atoms with van der Waals surface area (Å²) in [6, 6.07) is 5.08. The van der Waals surface area contributed by atoms with E-state index in [1.54, 1.807) is 18.2 Å². The SMILES string of the molecule is CC1CS(=O)(=O)c2c1cccc2C(C)C(=O)O. The molecule has 0 saturated heterocycles. The maximum atomic E-state index is 12.0. The van der Waals surface area contributed by atoms with Crippen LogP contribution < -0.4 is 0 Å². The molecule has 0 bridgehead atoms. The monoisotopic (exact) mass is 254 g/mol. The lowest BCUT2D eigenvalue weighted by molar-refractivity contribution is -0.138. The molecule has 0 saturated carbocycles. The van der Waals surface area contributed by atoms with Gasteiger partial charge in [0.25, 0.3) is 0 Å². The maximum Gasteiger partial charge on any atom is 0.310 e. The Kier molecular flexibility index (Phi) is 2.73. The molecule has 0 aromatic heterocycles. The van der Waals surface area contributed by atoms with E-state index in [4.69, 9.17) is 5.11 Å². The van der Waals surface area contributed by atoms with Gasteiger partial charge in [-0.1, -0.05) is 25.1 Å². The van der Waals surface area contributed by atoms with Crippen LogP contribution in [0.3, 0.4) is 0 Å². The highest BCUT2D eigenvalue weighted by molar-refractivity contribution is 7.91. The van der Waals surface area contributed by atoms with E-state index in [1.165, 1.54) is 6.92 Å². The van der Waals surface area contributed by atoms with E-state index < -0.39 is 21.7 Å². The number of fused-ring (bicyclic) bond motifs is 1. The molecule has 17 heavy (non-hydrogen) atoms. The third kappa shape index (κ3) is 1.84. The Morgan fingerprint density at radius 2 is 2.12 bits per heavy atom. The molecular formula is C12H14O4S. The number of carboxylic acid groups (broad SMARTS) is 1. The summed E-state index contributed by atoms with van der Waals surface area (Å²) in [6.45, 7) is 3.36. The van der Waals surface area contributed by atoms with Crippen LogP contribution in [0.1, 0.15) is 36.8 Å². The predicted molar refractivity (Wildman–Crippen MR) is 63.0 cm³/mol. The third-order valence-corrected chi connectivity index (χ3v) is 5.26. The Bertz CT molecular complexity index is 574. The lowest BCUT2D eigenvalue weighted by Crippen LogP contribution is -2.12. The topological polar surface area (TPSA) is 71.4 Å². The van der Waals surface area contributed by atoms with Crippen molar-refractivity contribution < 1.29 is 18.3 Å². The molecule has 1 aromatic carbocycles. The van der Waals surface area contributed by atoms with Crippen molar-refractivity contribution in [1.29, 1.82) is 0 Å². The minimum Gasteiger partial charge on any atom is -0.481 e. The third-order valence-electron chi connectivity index (χ3n) is 3.22. The van der Waals surface area contributed by atoms with E-state index in [1.807, 2.05) is 6.92 Å². The van der Waals surface area contributed by atoms with Crippen molar-refractivity contribution in [3.8, 4) is 0 Å². The molecule has 5 heteroatoms. The van der Waals surface area contributed by atoms with E-state index in [0.29, 0.717) is 5.56 Å². The summed E-state index contributed by atoms with van der Waals surface area (Å²) in [5.74, 6) is -1.79. The number of sulfone groups is 1. The van der Waals surface area contributed by atoms with Crippen LogP contribution in [-0.2, 0) is 14.6 Å². The zero-order valence-corrected chi connectivity index (χ0v) is 10.5. The molecule has 2 rings (SSSR count). The van der Waals surface area contributed by atoms with E-state index in [-0.39, 0.29) is 16.6 Å². The van der Waals surface area contributed by atoms with Gasteiger partial charge in [0.05, 0.1) is 16.6 Å². The molecule has 0 amide bonds. The molecule has 2 atom stereocenters. The van der Waals surface area contributed by atoms with E-state index in [0.717, 1.165) is 5.56 Å². The largest absolute Gasteiger partial charge is 0.481 e. The van der Waals surface area contributed by atoms with Crippen molar-refractivity contribution in [2.24, 2.45) is 0 Å². The summed E-state index contributed by atoms with van der Waals surface area (Å²) in [4.78, 5) is 11.2. The van der Waals surface area contributed by atoms with Crippen LogP contribution in [-0.4, -0.2) is 25.2 Å². The molecule has 0 radical (unpaired) electrons. The van der Waals surface area contributed by atoms with Crippen molar-refractivity contribution in [1.82, 2.24) is 0 Å². The molecule has 1 heterocycles. The smallest absolute Gasteiger partial charge is 0.310 e. The Morgan fingerprint density at radius 3 is 2.71 bits per heavy atom. The number of benzene rings is 1. The zero-order chi connectivity index (χ0) is 12.8. The second kappa shape index (κ2) is 3.84. The van der Waals surface area contributed by atoms with Gasteiger partial charge in [0.15, 0.2) is 9.84 Å². The first-order chi connectivity index (χ1) is 7.84. The fourth-order valence-electron chi connectivity index (χ4n) is 2.30. The van der Waals surface area contributed by atoms with E-state index in [9.17, 15) is 13.2 Å². The van der Waals surface area contributed by atoms with Crippen LogP contribution in [0.2, 0.25) is 0 Å². The van der Waals surface area contributed by atoms with Gasteiger partial charge < -0.3 is 5.11 Å². The van der Waals surface area contributed by atoms with Crippen LogP contribution in [0.15, 0.2) is 23.1 Å². The zero-order valence-electron chi connectivity index (χ0n) is 9.67. The van der Waals surface area contributed by atoms with Crippen LogP contribution in [0.25, 0.3) is 0 Å². The van der Waals surface area contributed by atoms with Crippen LogP contribution >= 0.6 is 0 Å². The van der Waals surface area contributed by atoms with Gasteiger partial charge in [-0.15, -0.1) is 0 Å². The average molecular weight is 254 g/mol. The first kappa shape index (κ1) is 12.1. The summed E-state index contributed by atoms with van der Waals surface area (Å²) in [5, 5.41) is 9.01. The lowest BCUT2D eigenvalue weighted by atomic mass is 9.95. The fourth-order valence-corrected chi connectivity index (χ4v) is 4.53. The van der Waals surface area contributed by atoms with Gasteiger partial charge in [-0.3, -0.25) is 4.79 Å². The van der Waals surface area contributed by atoms with Crippen LogP contribution in [0, 0.1) is 0 Å². The number of carboxylic acids is 1. The van der Waals surface area contributed by atoms with Crippen LogP contribution in [0.4, 0.5) is 0 Å². The van der Waals surface area contributed by atoms with Crippen molar-refractivity contribution in [3.05, 3.63) is 29.3 Å². The number of aliphatic carboxylic acids is 1. The summed E-state index contributed by atoms with van der Waals surface area (Å²) in [5.41, 5.74) is 1.15. The fraction of sp³-hybridized carbons (Fsp3) is 0.417. The summed E-state index contributed by atoms with van der Waals surface area (Å²) < 4.78 is 24.0. The van der Waals surface area contributed by atoms with Gasteiger partial charge in [-0.25, -0.2) is 8.42 Å². The second-order valence-corrected chi connectivity index (χ2v) is 6.48. The molecule has 1 N–H and O–H groups in total. The lowest BCUT2D eigenvalue weighted by Gasteiger charge is -2.11. The Labute approximate surface area is 100 Å². The first-order valence-electron chi connectivity index (χ1n) is 5.43. The Hall–Kier alpha value is -1.36. The average Bonchev–Trinajstić information content (AvgIpc) is 2.48. The molecule has 92 valence electrons. The number of hydrogen-bond donors (Lipinski definition) is 1. The molecule has 1 aromatic rings. The predicted octanol–water partition coefficient (Wildman–Crippen LogP) is 1.77. The van der Waals surface area contributed by atoms with E-state index >= 15 is 0 Å². The Morgan fingerprint density at radius 1 is 1.47 bits per heavy atom. The summed E-state index contributed by atoms with van der Waals surface area (Å²) in [7, 11) is -3.33. The van der Waals surface area contributed by atoms with Gasteiger partial charge in [-0.2, -0.15) is 0 Å². The van der Waals surface area contributed by atoms with Crippen molar-refractivity contribution in [2.75, 3.05) is 5.75 Å². The van der Waals surface area contributed by atoms with Gasteiger partial charge in [0, 0.05) is 0 Å². The molecule has 4 nitrogen and oxygen atoms in total. The highest BCUT2D eigenvalue weighted by Crippen LogP contribution is 2.39. The van der Waals surface area contributed by atoms with Gasteiger partial charge >= 0.3 is 5.97 Å². The molecule has 0 spiro atoms. The normalized spacial score (nSPS) is 23.1. The standard InChI is InChI=1S/C12H14O4S/c1-7-6-17(15,16)11-9(7)4-3-5-10(11)8(2)12(13)14/h3-5,7-8H,6H2,1-2H3,(H,13,14). The van der Waals surface area contributed by atoms with Gasteiger partial charge in [-0.05, 0) is 24.0 Å². The minimum atomic E-state index is -3.33. The Balaban J connectivity index is 2.70. The molecule has 1 aliphatic heterocycles. The van der Waals surface area contributed by atoms with Gasteiger partial charge in [0.2, 0.25) is 0 Å². The highest BCUT2D eigenvalue weighted by Gasteiger charge is 2.36. The molecular weight excluding hydrogens is 240 g/mol. The van der Waals surface area contributed by atoms with Gasteiger partial charge in [0.1, 0.15) is 0 Å². The maximum absolute atomic E-state index is 12.0. The van der Waals surface area contributed by atoms with Crippen molar-refractivity contribution in [3.63, 3.8) is 0 Å². The molecule has 0 fully saturated rings. The van der Waals surface area contributed by atoms with Crippen molar-refractivity contribution in [2.45, 2.75) is 30.6 Å².